The smallest absolute Gasteiger partial charge is 0.220 e. The van der Waals surface area contributed by atoms with E-state index in [-0.39, 0.29) is 12.5 Å². The summed E-state index contributed by atoms with van der Waals surface area (Å²) >= 11 is 0. The first kappa shape index (κ1) is 57.2. The largest absolute Gasteiger partial charge is 0.394 e. The minimum absolute atomic E-state index is 0.131. The van der Waals surface area contributed by atoms with Crippen LogP contribution in [-0.2, 0) is 14.3 Å². The molecule has 1 saturated heterocycles. The van der Waals surface area contributed by atoms with Crippen molar-refractivity contribution in [3.8, 4) is 0 Å². The molecule has 0 saturated carbocycles. The lowest BCUT2D eigenvalue weighted by Crippen LogP contribution is -2.60. The van der Waals surface area contributed by atoms with E-state index in [2.05, 4.69) is 19.2 Å². The van der Waals surface area contributed by atoms with Crippen LogP contribution in [0.2, 0.25) is 0 Å². The van der Waals surface area contributed by atoms with Crippen molar-refractivity contribution >= 4 is 5.91 Å². The van der Waals surface area contributed by atoms with Crippen LogP contribution < -0.4 is 5.32 Å². The number of carbonyl (C=O) groups excluding carboxylic acids is 1. The zero-order chi connectivity index (χ0) is 43.7. The van der Waals surface area contributed by atoms with Gasteiger partial charge in [0.2, 0.25) is 5.91 Å². The highest BCUT2D eigenvalue weighted by Gasteiger charge is 2.44. The Morgan fingerprint density at radius 2 is 0.833 bits per heavy atom. The molecular formula is C51H101NO8. The molecule has 1 aliphatic heterocycles. The molecule has 60 heavy (non-hydrogen) atoms. The number of carbonyl (C=O) groups is 1. The highest BCUT2D eigenvalue weighted by atomic mass is 16.7. The maximum atomic E-state index is 13.0. The van der Waals surface area contributed by atoms with Gasteiger partial charge in [0.25, 0.3) is 0 Å². The number of ether oxygens (including phenoxy) is 2. The third-order valence-electron chi connectivity index (χ3n) is 13.0. The van der Waals surface area contributed by atoms with Crippen LogP contribution in [0.1, 0.15) is 264 Å². The van der Waals surface area contributed by atoms with Crippen LogP contribution >= 0.6 is 0 Å². The predicted octanol–water partition coefficient (Wildman–Crippen LogP) is 11.9. The number of hydrogen-bond donors (Lipinski definition) is 6. The molecule has 6 N–H and O–H groups in total. The average Bonchev–Trinajstić information content (AvgIpc) is 3.25. The van der Waals surface area contributed by atoms with E-state index in [9.17, 15) is 30.3 Å². The van der Waals surface area contributed by atoms with Gasteiger partial charge in [-0.2, -0.15) is 0 Å². The van der Waals surface area contributed by atoms with Gasteiger partial charge in [0.1, 0.15) is 24.4 Å². The van der Waals surface area contributed by atoms with Crippen molar-refractivity contribution in [1.82, 2.24) is 5.32 Å². The zero-order valence-corrected chi connectivity index (χ0v) is 39.5. The third-order valence-corrected chi connectivity index (χ3v) is 13.0. The van der Waals surface area contributed by atoms with Crippen molar-refractivity contribution < 1.29 is 39.8 Å². The summed E-state index contributed by atoms with van der Waals surface area (Å²) in [4.78, 5) is 13.0. The van der Waals surface area contributed by atoms with Crippen LogP contribution in [0.5, 0.6) is 0 Å². The second-order valence-corrected chi connectivity index (χ2v) is 18.7. The molecule has 1 heterocycles. The lowest BCUT2D eigenvalue weighted by molar-refractivity contribution is -0.302. The van der Waals surface area contributed by atoms with Gasteiger partial charge in [0.15, 0.2) is 6.29 Å². The molecule has 0 aromatic rings. The molecule has 358 valence electrons. The predicted molar refractivity (Wildman–Crippen MR) is 249 cm³/mol. The first-order valence-electron chi connectivity index (χ1n) is 26.2. The van der Waals surface area contributed by atoms with Gasteiger partial charge in [-0.05, 0) is 12.8 Å². The first-order valence-corrected chi connectivity index (χ1v) is 26.2. The Balaban J connectivity index is 2.19. The molecule has 9 nitrogen and oxygen atoms in total. The maximum absolute atomic E-state index is 13.0. The molecule has 1 rings (SSSR count). The Hall–Kier alpha value is -0.810. The topological polar surface area (TPSA) is 149 Å². The Morgan fingerprint density at radius 1 is 0.500 bits per heavy atom. The Morgan fingerprint density at radius 3 is 1.18 bits per heavy atom. The highest BCUT2D eigenvalue weighted by molar-refractivity contribution is 5.76. The van der Waals surface area contributed by atoms with E-state index in [0.29, 0.717) is 12.8 Å². The van der Waals surface area contributed by atoms with Crippen LogP contribution in [0.3, 0.4) is 0 Å². The van der Waals surface area contributed by atoms with Crippen molar-refractivity contribution in [2.75, 3.05) is 13.2 Å². The summed E-state index contributed by atoms with van der Waals surface area (Å²) in [6.07, 6.45) is 41.3. The molecule has 7 unspecified atom stereocenters. The van der Waals surface area contributed by atoms with E-state index in [0.717, 1.165) is 38.5 Å². The summed E-state index contributed by atoms with van der Waals surface area (Å²) in [5.41, 5.74) is 0. The van der Waals surface area contributed by atoms with Crippen LogP contribution in [0.15, 0.2) is 0 Å². The van der Waals surface area contributed by atoms with Crippen molar-refractivity contribution in [2.24, 2.45) is 0 Å². The highest BCUT2D eigenvalue weighted by Crippen LogP contribution is 2.23. The van der Waals surface area contributed by atoms with E-state index in [1.54, 1.807) is 0 Å². The summed E-state index contributed by atoms with van der Waals surface area (Å²) < 4.78 is 11.3. The van der Waals surface area contributed by atoms with Gasteiger partial charge in [-0.15, -0.1) is 0 Å². The van der Waals surface area contributed by atoms with Gasteiger partial charge < -0.3 is 40.3 Å². The van der Waals surface area contributed by atoms with Crippen LogP contribution in [0.4, 0.5) is 0 Å². The number of rotatable bonds is 45. The fourth-order valence-electron chi connectivity index (χ4n) is 8.75. The van der Waals surface area contributed by atoms with Crippen LogP contribution in [0.25, 0.3) is 0 Å². The molecular weight excluding hydrogens is 755 g/mol. The molecule has 0 aromatic carbocycles. The van der Waals surface area contributed by atoms with Crippen LogP contribution in [0, 0.1) is 0 Å². The second kappa shape index (κ2) is 42.2. The number of aliphatic hydroxyl groups excluding tert-OH is 5. The molecule has 1 fully saturated rings. The molecule has 0 aromatic heterocycles. The third kappa shape index (κ3) is 31.9. The number of nitrogens with one attached hydrogen (secondary N) is 1. The number of unbranched alkanes of at least 4 members (excludes halogenated alkanes) is 35. The van der Waals surface area contributed by atoms with Gasteiger partial charge in [-0.3, -0.25) is 4.79 Å². The number of amides is 1. The maximum Gasteiger partial charge on any atom is 0.220 e. The Bertz CT molecular complexity index is 908. The molecule has 7 atom stereocenters. The summed E-state index contributed by atoms with van der Waals surface area (Å²) in [6, 6.07) is -0.712. The van der Waals surface area contributed by atoms with Crippen molar-refractivity contribution in [2.45, 2.75) is 307 Å². The fraction of sp³-hybridized carbons (Fsp3) is 0.980. The Kier molecular flexibility index (Phi) is 40.2. The monoisotopic (exact) mass is 856 g/mol. The summed E-state index contributed by atoms with van der Waals surface area (Å²) in [5, 5.41) is 54.5. The number of hydrogen-bond acceptors (Lipinski definition) is 8. The van der Waals surface area contributed by atoms with E-state index in [4.69, 9.17) is 9.47 Å². The zero-order valence-electron chi connectivity index (χ0n) is 39.5. The van der Waals surface area contributed by atoms with Crippen molar-refractivity contribution in [1.29, 1.82) is 0 Å². The Labute approximate surface area is 370 Å². The minimum atomic E-state index is -1.55. The quantitative estimate of drug-likeness (QED) is 0.0332. The molecule has 0 radical (unpaired) electrons. The molecule has 0 spiro atoms. The van der Waals surface area contributed by atoms with E-state index in [1.807, 2.05) is 0 Å². The minimum Gasteiger partial charge on any atom is -0.394 e. The van der Waals surface area contributed by atoms with E-state index < -0.39 is 49.5 Å². The van der Waals surface area contributed by atoms with E-state index >= 15 is 0 Å². The first-order chi connectivity index (χ1) is 29.3. The lowest BCUT2D eigenvalue weighted by Gasteiger charge is -2.40. The molecule has 1 aliphatic rings. The lowest BCUT2D eigenvalue weighted by atomic mass is 9.99. The molecule has 0 aliphatic carbocycles. The normalized spacial score (nSPS) is 20.4. The summed E-state index contributed by atoms with van der Waals surface area (Å²) in [6.45, 7) is 3.86. The van der Waals surface area contributed by atoms with Gasteiger partial charge in [-0.1, -0.05) is 245 Å². The molecule has 0 bridgehead atoms. The average molecular weight is 856 g/mol. The van der Waals surface area contributed by atoms with Crippen LogP contribution in [-0.4, -0.2) is 87.5 Å². The van der Waals surface area contributed by atoms with Gasteiger partial charge in [0, 0.05) is 6.42 Å². The molecule has 1 amide bonds. The second-order valence-electron chi connectivity index (χ2n) is 18.7. The van der Waals surface area contributed by atoms with Gasteiger partial charge in [-0.25, -0.2) is 0 Å². The van der Waals surface area contributed by atoms with Crippen molar-refractivity contribution in [3.05, 3.63) is 0 Å². The fourth-order valence-corrected chi connectivity index (χ4v) is 8.75. The summed E-state index contributed by atoms with van der Waals surface area (Å²) in [7, 11) is 0. The van der Waals surface area contributed by atoms with E-state index in [1.165, 1.54) is 199 Å². The van der Waals surface area contributed by atoms with Crippen molar-refractivity contribution in [3.63, 3.8) is 0 Å². The summed E-state index contributed by atoms with van der Waals surface area (Å²) in [5.74, 6) is -0.140. The molecule has 9 heteroatoms. The number of aliphatic hydroxyl groups is 5. The van der Waals surface area contributed by atoms with Gasteiger partial charge in [0.05, 0.1) is 25.4 Å². The standard InChI is InChI=1S/C51H101NO8/c1-3-5-7-9-11-13-15-17-18-19-20-21-22-23-24-25-26-27-28-29-30-32-34-36-38-40-45(54)44(43-59-51-50(58)49(57)48(56)46(42-53)60-51)52-47(55)41-39-37-35-33-31-16-14-12-10-8-6-4-2/h44-46,48-51,53-54,56-58H,3-43H2,1-2H3,(H,52,55). The SMILES string of the molecule is CCCCCCCCCCCCCCCCCCCCCCCCCCCC(O)C(COC1OC(CO)C(O)C(O)C1O)NC(=O)CCCCCCCCCCCCCC. The van der Waals surface area contributed by atoms with Gasteiger partial charge >= 0.3 is 0 Å².